The molecule has 2 heterocycles. The van der Waals surface area contributed by atoms with Crippen LogP contribution in [0.15, 0.2) is 56.3 Å². The second-order valence-electron chi connectivity index (χ2n) is 4.77. The smallest absolute Gasteiger partial charge is 0.362 e. The van der Waals surface area contributed by atoms with Crippen LogP contribution in [-0.4, -0.2) is 13.1 Å². The summed E-state index contributed by atoms with van der Waals surface area (Å²) in [6.07, 6.45) is 1.52. The quantitative estimate of drug-likeness (QED) is 0.644. The summed E-state index contributed by atoms with van der Waals surface area (Å²) in [5, 5.41) is 8.77. The Balaban J connectivity index is 1.85. The van der Waals surface area contributed by atoms with Crippen LogP contribution in [0.4, 0.5) is 16.2 Å². The number of rotatable bonds is 4. The standard InChI is InChI=1S/C16H15N3O4/c1-17-13-11-6-2-3-7-12(11)23-15(20)14(13)19-16(21)18-9-10-5-4-8-22-10/h2-8,17H,9H2,1H3,(H2,18,19,21). The van der Waals surface area contributed by atoms with E-state index in [2.05, 4.69) is 16.0 Å². The van der Waals surface area contributed by atoms with Gasteiger partial charge in [-0.2, -0.15) is 0 Å². The summed E-state index contributed by atoms with van der Waals surface area (Å²) in [4.78, 5) is 24.1. The molecule has 3 aromatic rings. The number of urea groups is 1. The Bertz CT molecular complexity index is 884. The summed E-state index contributed by atoms with van der Waals surface area (Å²) in [5.74, 6) is 0.611. The van der Waals surface area contributed by atoms with Crippen molar-refractivity contribution in [1.82, 2.24) is 5.32 Å². The molecule has 1 aromatic carbocycles. The fraction of sp³-hybridized carbons (Fsp3) is 0.125. The fourth-order valence-corrected chi connectivity index (χ4v) is 2.26. The van der Waals surface area contributed by atoms with Crippen molar-refractivity contribution in [1.29, 1.82) is 0 Å². The Hall–Kier alpha value is -3.22. The molecule has 118 valence electrons. The summed E-state index contributed by atoms with van der Waals surface area (Å²) in [7, 11) is 1.67. The van der Waals surface area contributed by atoms with E-state index in [9.17, 15) is 9.59 Å². The lowest BCUT2D eigenvalue weighted by Crippen LogP contribution is -2.30. The molecule has 3 rings (SSSR count). The number of hydrogen-bond acceptors (Lipinski definition) is 5. The number of furan rings is 1. The molecule has 7 heteroatoms. The van der Waals surface area contributed by atoms with Crippen molar-refractivity contribution in [3.63, 3.8) is 0 Å². The molecule has 2 aromatic heterocycles. The Morgan fingerprint density at radius 1 is 1.13 bits per heavy atom. The van der Waals surface area contributed by atoms with Gasteiger partial charge < -0.3 is 19.5 Å². The van der Waals surface area contributed by atoms with E-state index in [4.69, 9.17) is 8.83 Å². The molecule has 23 heavy (non-hydrogen) atoms. The van der Waals surface area contributed by atoms with Gasteiger partial charge in [0.05, 0.1) is 18.5 Å². The molecule has 0 radical (unpaired) electrons. The zero-order valence-corrected chi connectivity index (χ0v) is 12.4. The highest BCUT2D eigenvalue weighted by Crippen LogP contribution is 2.27. The Labute approximate surface area is 131 Å². The molecule has 7 nitrogen and oxygen atoms in total. The molecule has 0 saturated heterocycles. The first-order valence-electron chi connectivity index (χ1n) is 7.00. The predicted molar refractivity (Wildman–Crippen MR) is 86.6 cm³/mol. The van der Waals surface area contributed by atoms with Crippen molar-refractivity contribution < 1.29 is 13.6 Å². The van der Waals surface area contributed by atoms with Crippen LogP contribution in [0.2, 0.25) is 0 Å². The molecule has 0 fully saturated rings. The first kappa shape index (κ1) is 14.7. The van der Waals surface area contributed by atoms with Crippen LogP contribution in [0.25, 0.3) is 11.0 Å². The first-order valence-corrected chi connectivity index (χ1v) is 7.00. The molecule has 2 amide bonds. The van der Waals surface area contributed by atoms with Gasteiger partial charge in [-0.3, -0.25) is 5.32 Å². The molecular weight excluding hydrogens is 298 g/mol. The van der Waals surface area contributed by atoms with Crippen LogP contribution in [0.1, 0.15) is 5.76 Å². The number of benzene rings is 1. The summed E-state index contributed by atoms with van der Waals surface area (Å²) in [6.45, 7) is 0.215. The largest absolute Gasteiger partial charge is 0.467 e. The van der Waals surface area contributed by atoms with Gasteiger partial charge in [0.1, 0.15) is 11.3 Å². The van der Waals surface area contributed by atoms with E-state index in [1.807, 2.05) is 6.07 Å². The molecule has 3 N–H and O–H groups in total. The van der Waals surface area contributed by atoms with E-state index >= 15 is 0 Å². The SMILES string of the molecule is CNc1c(NC(=O)NCc2ccco2)c(=O)oc2ccccc12. The van der Waals surface area contributed by atoms with Crippen LogP contribution in [0.3, 0.4) is 0 Å². The van der Waals surface area contributed by atoms with E-state index in [1.165, 1.54) is 6.26 Å². The lowest BCUT2D eigenvalue weighted by atomic mass is 10.2. The summed E-state index contributed by atoms with van der Waals surface area (Å²) >= 11 is 0. The number of amides is 2. The third-order valence-electron chi connectivity index (χ3n) is 3.30. The van der Waals surface area contributed by atoms with Gasteiger partial charge in [0, 0.05) is 12.4 Å². The zero-order chi connectivity index (χ0) is 16.2. The number of anilines is 2. The maximum Gasteiger partial charge on any atom is 0.362 e. The summed E-state index contributed by atoms with van der Waals surface area (Å²) in [5.41, 5.74) is 0.387. The fourth-order valence-electron chi connectivity index (χ4n) is 2.26. The molecule has 0 aliphatic rings. The number of fused-ring (bicyclic) bond motifs is 1. The maximum atomic E-state index is 12.1. The van der Waals surface area contributed by atoms with Gasteiger partial charge in [0.25, 0.3) is 0 Å². The molecular formula is C16H15N3O4. The van der Waals surface area contributed by atoms with Crippen molar-refractivity contribution in [2.24, 2.45) is 0 Å². The Kier molecular flexibility index (Phi) is 4.01. The highest BCUT2D eigenvalue weighted by atomic mass is 16.4. The minimum atomic E-state index is -0.624. The molecule has 0 atom stereocenters. The van der Waals surface area contributed by atoms with Crippen molar-refractivity contribution in [3.8, 4) is 0 Å². The number of carbonyl (C=O) groups excluding carboxylic acids is 1. The molecule has 0 saturated carbocycles. The van der Waals surface area contributed by atoms with Gasteiger partial charge in [-0.05, 0) is 24.3 Å². The van der Waals surface area contributed by atoms with Crippen molar-refractivity contribution in [3.05, 3.63) is 58.8 Å². The Morgan fingerprint density at radius 3 is 2.70 bits per heavy atom. The molecule has 0 bridgehead atoms. The van der Waals surface area contributed by atoms with E-state index in [0.29, 0.717) is 22.4 Å². The van der Waals surface area contributed by atoms with E-state index in [1.54, 1.807) is 37.4 Å². The van der Waals surface area contributed by atoms with Crippen molar-refractivity contribution in [2.75, 3.05) is 17.7 Å². The first-order chi connectivity index (χ1) is 11.2. The van der Waals surface area contributed by atoms with E-state index < -0.39 is 11.7 Å². The van der Waals surface area contributed by atoms with E-state index in [0.717, 1.165) is 0 Å². The summed E-state index contributed by atoms with van der Waals surface area (Å²) in [6, 6.07) is 10.0. The molecule has 0 aliphatic carbocycles. The number of para-hydroxylation sites is 1. The Morgan fingerprint density at radius 2 is 1.96 bits per heavy atom. The van der Waals surface area contributed by atoms with Gasteiger partial charge in [-0.25, -0.2) is 9.59 Å². The minimum absolute atomic E-state index is 0.0585. The molecule has 0 unspecified atom stereocenters. The number of nitrogens with one attached hydrogen (secondary N) is 3. The molecule has 0 aliphatic heterocycles. The maximum absolute atomic E-state index is 12.1. The van der Waals surface area contributed by atoms with Crippen LogP contribution in [-0.2, 0) is 6.54 Å². The van der Waals surface area contributed by atoms with Crippen molar-refractivity contribution in [2.45, 2.75) is 6.54 Å². The minimum Gasteiger partial charge on any atom is -0.467 e. The second kappa shape index (κ2) is 6.27. The van der Waals surface area contributed by atoms with Gasteiger partial charge in [0.15, 0.2) is 5.69 Å². The number of carbonyl (C=O) groups is 1. The lowest BCUT2D eigenvalue weighted by Gasteiger charge is -2.12. The highest BCUT2D eigenvalue weighted by molar-refractivity contribution is 6.01. The van der Waals surface area contributed by atoms with Crippen LogP contribution < -0.4 is 21.6 Å². The lowest BCUT2D eigenvalue weighted by molar-refractivity contribution is 0.250. The third-order valence-corrected chi connectivity index (χ3v) is 3.30. The predicted octanol–water partition coefficient (Wildman–Crippen LogP) is 2.75. The average molecular weight is 313 g/mol. The number of hydrogen-bond donors (Lipinski definition) is 3. The average Bonchev–Trinajstić information content (AvgIpc) is 3.07. The zero-order valence-electron chi connectivity index (χ0n) is 12.4. The summed E-state index contributed by atoms with van der Waals surface area (Å²) < 4.78 is 10.4. The molecule has 0 spiro atoms. The van der Waals surface area contributed by atoms with Gasteiger partial charge in [-0.15, -0.1) is 0 Å². The van der Waals surface area contributed by atoms with Gasteiger partial charge in [0.2, 0.25) is 0 Å². The van der Waals surface area contributed by atoms with E-state index in [-0.39, 0.29) is 12.2 Å². The monoisotopic (exact) mass is 313 g/mol. The topological polar surface area (TPSA) is 96.5 Å². The van der Waals surface area contributed by atoms with Gasteiger partial charge >= 0.3 is 11.7 Å². The van der Waals surface area contributed by atoms with Crippen LogP contribution in [0, 0.1) is 0 Å². The normalized spacial score (nSPS) is 10.5. The van der Waals surface area contributed by atoms with Crippen molar-refractivity contribution >= 4 is 28.4 Å². The van der Waals surface area contributed by atoms with Gasteiger partial charge in [-0.1, -0.05) is 12.1 Å². The van der Waals surface area contributed by atoms with Crippen LogP contribution in [0.5, 0.6) is 0 Å². The van der Waals surface area contributed by atoms with Crippen LogP contribution >= 0.6 is 0 Å². The highest BCUT2D eigenvalue weighted by Gasteiger charge is 2.15. The second-order valence-corrected chi connectivity index (χ2v) is 4.77. The third kappa shape index (κ3) is 3.03.